The third kappa shape index (κ3) is 5.22. The summed E-state index contributed by atoms with van der Waals surface area (Å²) in [6.45, 7) is 4.87. The molecule has 8 aromatic rings. The summed E-state index contributed by atoms with van der Waals surface area (Å²) in [4.78, 5) is 10.8. The number of nitrogens with zero attached hydrogens (tertiary/aromatic N) is 2. The molecule has 0 saturated heterocycles. The number of benzene rings is 7. The summed E-state index contributed by atoms with van der Waals surface area (Å²) in [6, 6.07) is 70.9. The predicted octanol–water partition coefficient (Wildman–Crippen LogP) is 7.66. The number of aromatic nitrogens is 2. The van der Waals surface area contributed by atoms with Crippen LogP contribution >= 0.6 is 0 Å². The number of rotatable bonds is 7. The van der Waals surface area contributed by atoms with Gasteiger partial charge < -0.3 is 0 Å². The molecule has 0 N–H and O–H groups in total. The molecule has 0 spiro atoms. The molecule has 0 unspecified atom stereocenters. The lowest BCUT2D eigenvalue weighted by atomic mass is 10.0. The zero-order valence-corrected chi connectivity index (χ0v) is 31.4. The van der Waals surface area contributed by atoms with Gasteiger partial charge in [-0.05, 0) is 53.9 Å². The standard InChI is InChI=1S/C48H38N2Si2/c1-51(2)44-32-16-15-31-43(44)46-47(51)45(35-19-7-3-8-20-35)49-48(50-46)38-23-17-21-36(33-38)37-22-18-30-42(34-37)52(39-24-9-4-10-25-39,40-26-11-5-12-27-40)41-28-13-6-14-29-41/h3-34H,1-2H3. The average Bonchev–Trinajstić information content (AvgIpc) is 3.45. The van der Waals surface area contributed by atoms with E-state index < -0.39 is 16.1 Å². The first kappa shape index (κ1) is 32.0. The van der Waals surface area contributed by atoms with Gasteiger partial charge in [-0.15, -0.1) is 0 Å². The van der Waals surface area contributed by atoms with E-state index in [0.29, 0.717) is 0 Å². The van der Waals surface area contributed by atoms with Gasteiger partial charge in [-0.3, -0.25) is 0 Å². The number of fused-ring (bicyclic) bond motifs is 3. The Bertz CT molecular complexity index is 2440. The SMILES string of the molecule is C[Si]1(C)c2ccccc2-c2nc(-c3cccc(-c4cccc([Si](c5ccccc5)(c5ccccc5)c5ccccc5)c4)c3)nc(-c3ccccc3)c21. The van der Waals surface area contributed by atoms with E-state index in [1.165, 1.54) is 42.2 Å². The fourth-order valence-corrected chi connectivity index (χ4v) is 16.4. The van der Waals surface area contributed by atoms with Gasteiger partial charge in [0.15, 0.2) is 13.9 Å². The molecule has 52 heavy (non-hydrogen) atoms. The third-order valence-electron chi connectivity index (χ3n) is 10.8. The molecule has 0 atom stereocenters. The zero-order valence-electron chi connectivity index (χ0n) is 29.4. The zero-order chi connectivity index (χ0) is 35.1. The van der Waals surface area contributed by atoms with Gasteiger partial charge in [-0.1, -0.05) is 201 Å². The fourth-order valence-electron chi connectivity index (χ4n) is 8.39. The molecule has 0 amide bonds. The minimum atomic E-state index is -2.67. The van der Waals surface area contributed by atoms with E-state index in [0.717, 1.165) is 33.9 Å². The Morgan fingerprint density at radius 3 is 1.44 bits per heavy atom. The summed E-state index contributed by atoms with van der Waals surface area (Å²) in [6.07, 6.45) is 0. The van der Waals surface area contributed by atoms with Gasteiger partial charge in [0.25, 0.3) is 0 Å². The van der Waals surface area contributed by atoms with E-state index >= 15 is 0 Å². The Hall–Kier alpha value is -5.95. The average molecular weight is 699 g/mol. The highest BCUT2D eigenvalue weighted by Gasteiger charge is 2.43. The molecule has 7 aromatic carbocycles. The summed E-state index contributed by atoms with van der Waals surface area (Å²) < 4.78 is 0. The molecule has 0 aliphatic carbocycles. The summed E-state index contributed by atoms with van der Waals surface area (Å²) >= 11 is 0. The van der Waals surface area contributed by atoms with Gasteiger partial charge in [-0.25, -0.2) is 9.97 Å². The Labute approximate surface area is 308 Å². The van der Waals surface area contributed by atoms with Crippen LogP contribution in [0.5, 0.6) is 0 Å². The Balaban J connectivity index is 1.22. The Morgan fingerprint density at radius 2 is 0.827 bits per heavy atom. The summed E-state index contributed by atoms with van der Waals surface area (Å²) in [5.74, 6) is 0.763. The largest absolute Gasteiger partial charge is 0.228 e. The normalized spacial score (nSPS) is 13.0. The van der Waals surface area contributed by atoms with Crippen LogP contribution in [0.15, 0.2) is 194 Å². The highest BCUT2D eigenvalue weighted by Crippen LogP contribution is 2.34. The first-order chi connectivity index (χ1) is 25.5. The van der Waals surface area contributed by atoms with E-state index in [1.54, 1.807) is 0 Å². The van der Waals surface area contributed by atoms with Crippen LogP contribution in [0.1, 0.15) is 0 Å². The van der Waals surface area contributed by atoms with Crippen molar-refractivity contribution in [3.63, 3.8) is 0 Å². The Kier molecular flexibility index (Phi) is 7.99. The predicted molar refractivity (Wildman–Crippen MR) is 224 cm³/mol. The van der Waals surface area contributed by atoms with Crippen molar-refractivity contribution in [3.8, 4) is 45.0 Å². The molecule has 248 valence electrons. The molecule has 0 fully saturated rings. The van der Waals surface area contributed by atoms with Gasteiger partial charge in [-0.2, -0.15) is 0 Å². The van der Waals surface area contributed by atoms with Crippen molar-refractivity contribution in [1.29, 1.82) is 0 Å². The molecule has 1 aromatic heterocycles. The van der Waals surface area contributed by atoms with Gasteiger partial charge in [0.05, 0.1) is 11.4 Å². The van der Waals surface area contributed by atoms with E-state index in [2.05, 4.69) is 207 Å². The Morgan fingerprint density at radius 1 is 0.385 bits per heavy atom. The second-order valence-electron chi connectivity index (χ2n) is 14.2. The van der Waals surface area contributed by atoms with Crippen molar-refractivity contribution < 1.29 is 0 Å². The molecule has 4 heteroatoms. The van der Waals surface area contributed by atoms with Crippen LogP contribution in [0, 0.1) is 0 Å². The van der Waals surface area contributed by atoms with Crippen molar-refractivity contribution in [2.45, 2.75) is 13.1 Å². The molecule has 0 bridgehead atoms. The van der Waals surface area contributed by atoms with E-state index in [-0.39, 0.29) is 0 Å². The van der Waals surface area contributed by atoms with Crippen LogP contribution in [-0.4, -0.2) is 26.1 Å². The van der Waals surface area contributed by atoms with Crippen LogP contribution in [0.2, 0.25) is 13.1 Å². The quantitative estimate of drug-likeness (QED) is 0.126. The van der Waals surface area contributed by atoms with Gasteiger partial charge in [0, 0.05) is 11.1 Å². The molecular formula is C48H38N2Si2. The van der Waals surface area contributed by atoms with Crippen LogP contribution < -0.4 is 31.1 Å². The van der Waals surface area contributed by atoms with Crippen molar-refractivity contribution in [1.82, 2.24) is 9.97 Å². The molecule has 1 aliphatic heterocycles. The molecule has 9 rings (SSSR count). The van der Waals surface area contributed by atoms with Gasteiger partial charge in [0.1, 0.15) is 8.07 Å². The van der Waals surface area contributed by atoms with Crippen LogP contribution in [-0.2, 0) is 0 Å². The lowest BCUT2D eigenvalue weighted by Crippen LogP contribution is -2.74. The first-order valence-electron chi connectivity index (χ1n) is 18.0. The lowest BCUT2D eigenvalue weighted by molar-refractivity contribution is 1.20. The van der Waals surface area contributed by atoms with Crippen molar-refractivity contribution in [3.05, 3.63) is 194 Å². The van der Waals surface area contributed by atoms with E-state index in [4.69, 9.17) is 9.97 Å². The van der Waals surface area contributed by atoms with Crippen molar-refractivity contribution in [2.24, 2.45) is 0 Å². The van der Waals surface area contributed by atoms with Gasteiger partial charge in [0.2, 0.25) is 0 Å². The molecule has 2 heterocycles. The monoisotopic (exact) mass is 698 g/mol. The maximum absolute atomic E-state index is 5.40. The summed E-state index contributed by atoms with van der Waals surface area (Å²) in [5, 5.41) is 8.21. The molecule has 1 aliphatic rings. The highest BCUT2D eigenvalue weighted by atomic mass is 28.3. The fraction of sp³-hybridized carbons (Fsp3) is 0.0417. The maximum atomic E-state index is 5.40. The van der Waals surface area contributed by atoms with Crippen LogP contribution in [0.25, 0.3) is 45.0 Å². The maximum Gasteiger partial charge on any atom is 0.179 e. The minimum absolute atomic E-state index is 0.763. The lowest BCUT2D eigenvalue weighted by Gasteiger charge is -2.34. The summed E-state index contributed by atoms with van der Waals surface area (Å²) in [7, 11) is -4.69. The van der Waals surface area contributed by atoms with Crippen molar-refractivity contribution in [2.75, 3.05) is 0 Å². The van der Waals surface area contributed by atoms with Crippen LogP contribution in [0.4, 0.5) is 0 Å². The third-order valence-corrected chi connectivity index (χ3v) is 19.1. The smallest absolute Gasteiger partial charge is 0.179 e. The number of hydrogen-bond donors (Lipinski definition) is 0. The first-order valence-corrected chi connectivity index (χ1v) is 23.0. The summed E-state index contributed by atoms with van der Waals surface area (Å²) in [5.41, 5.74) is 7.90. The van der Waals surface area contributed by atoms with Crippen molar-refractivity contribution >= 4 is 47.3 Å². The van der Waals surface area contributed by atoms with Crippen LogP contribution in [0.3, 0.4) is 0 Å². The second-order valence-corrected chi connectivity index (χ2v) is 22.3. The second kappa shape index (κ2) is 13.0. The highest BCUT2D eigenvalue weighted by molar-refractivity contribution is 7.20. The van der Waals surface area contributed by atoms with E-state index in [1.807, 2.05) is 0 Å². The van der Waals surface area contributed by atoms with E-state index in [9.17, 15) is 0 Å². The minimum Gasteiger partial charge on any atom is -0.228 e. The number of hydrogen-bond acceptors (Lipinski definition) is 2. The molecule has 0 saturated carbocycles. The molecule has 2 nitrogen and oxygen atoms in total. The van der Waals surface area contributed by atoms with Gasteiger partial charge >= 0.3 is 0 Å². The molecule has 0 radical (unpaired) electrons. The topological polar surface area (TPSA) is 25.8 Å². The molecular weight excluding hydrogens is 661 g/mol.